The molecule has 108 valence electrons. The lowest BCUT2D eigenvalue weighted by atomic mass is 10.2. The van der Waals surface area contributed by atoms with Crippen molar-refractivity contribution in [3.63, 3.8) is 0 Å². The van der Waals surface area contributed by atoms with Crippen molar-refractivity contribution >= 4 is 9.28 Å². The van der Waals surface area contributed by atoms with Crippen LogP contribution in [0.5, 0.6) is 0 Å². The van der Waals surface area contributed by atoms with E-state index in [1.807, 2.05) is 0 Å². The highest BCUT2D eigenvalue weighted by Gasteiger charge is 2.21. The van der Waals surface area contributed by atoms with Gasteiger partial charge in [-0.15, -0.1) is 0 Å². The van der Waals surface area contributed by atoms with Crippen LogP contribution in [0, 0.1) is 0 Å². The molecule has 0 aromatic heterocycles. The summed E-state index contributed by atoms with van der Waals surface area (Å²) in [5.74, 6) is 0. The maximum atomic E-state index is 5.77. The van der Waals surface area contributed by atoms with Crippen molar-refractivity contribution in [2.24, 2.45) is 0 Å². The zero-order chi connectivity index (χ0) is 13.2. The van der Waals surface area contributed by atoms with Gasteiger partial charge in [0.05, 0.1) is 13.2 Å². The van der Waals surface area contributed by atoms with Crippen molar-refractivity contribution < 1.29 is 13.6 Å². The van der Waals surface area contributed by atoms with Crippen molar-refractivity contribution in [3.05, 3.63) is 0 Å². The summed E-state index contributed by atoms with van der Waals surface area (Å²) in [6.45, 7) is 13.1. The van der Waals surface area contributed by atoms with Gasteiger partial charge >= 0.3 is 9.28 Å². The highest BCUT2D eigenvalue weighted by molar-refractivity contribution is 6.46. The van der Waals surface area contributed by atoms with Crippen LogP contribution in [0.3, 0.4) is 0 Å². The molecule has 0 spiro atoms. The monoisotopic (exact) mass is 275 g/mol. The van der Waals surface area contributed by atoms with Gasteiger partial charge < -0.3 is 13.6 Å². The lowest BCUT2D eigenvalue weighted by Crippen LogP contribution is -2.37. The molecular formula is C13H29NO3Si. The van der Waals surface area contributed by atoms with Gasteiger partial charge in [0.1, 0.15) is 0 Å². The van der Waals surface area contributed by atoms with Crippen LogP contribution < -0.4 is 0 Å². The molecule has 0 amide bonds. The van der Waals surface area contributed by atoms with Crippen LogP contribution in [0.25, 0.3) is 0 Å². The molecule has 1 fully saturated rings. The van der Waals surface area contributed by atoms with Crippen molar-refractivity contribution in [1.29, 1.82) is 0 Å². The molecular weight excluding hydrogens is 246 g/mol. The normalized spacial score (nSPS) is 19.3. The Morgan fingerprint density at radius 1 is 1.17 bits per heavy atom. The quantitative estimate of drug-likeness (QED) is 0.600. The van der Waals surface area contributed by atoms with E-state index in [0.29, 0.717) is 5.54 Å². The second-order valence-electron chi connectivity index (χ2n) is 4.85. The average Bonchev–Trinajstić information content (AvgIpc) is 2.39. The number of hydrogen-bond donors (Lipinski definition) is 0. The fourth-order valence-corrected chi connectivity index (χ4v) is 4.22. The van der Waals surface area contributed by atoms with Crippen molar-refractivity contribution in [2.45, 2.75) is 39.2 Å². The fourth-order valence-electron chi connectivity index (χ4n) is 2.30. The summed E-state index contributed by atoms with van der Waals surface area (Å²) in [6, 6.07) is 0. The van der Waals surface area contributed by atoms with Crippen molar-refractivity contribution in [1.82, 2.24) is 4.90 Å². The second kappa shape index (κ2) is 9.92. The molecule has 1 aliphatic heterocycles. The van der Waals surface area contributed by atoms with Gasteiger partial charge in [-0.1, -0.05) is 6.92 Å². The molecule has 0 saturated carbocycles. The molecule has 1 unspecified atom stereocenters. The van der Waals surface area contributed by atoms with E-state index in [-0.39, 0.29) is 0 Å². The number of rotatable bonds is 9. The first-order valence-corrected chi connectivity index (χ1v) is 8.92. The molecule has 0 radical (unpaired) electrons. The highest BCUT2D eigenvalue weighted by Crippen LogP contribution is 2.19. The van der Waals surface area contributed by atoms with Crippen LogP contribution in [0.1, 0.15) is 33.6 Å². The molecule has 1 rings (SSSR count). The summed E-state index contributed by atoms with van der Waals surface area (Å²) in [6.07, 6.45) is 2.46. The van der Waals surface area contributed by atoms with Gasteiger partial charge in [-0.3, -0.25) is 4.90 Å². The summed E-state index contributed by atoms with van der Waals surface area (Å²) in [5, 5.41) is 0. The van der Waals surface area contributed by atoms with E-state index < -0.39 is 9.28 Å². The largest absolute Gasteiger partial charge is 0.397 e. The summed E-state index contributed by atoms with van der Waals surface area (Å²) in [5.41, 5.74) is 0.603. The second-order valence-corrected chi connectivity index (χ2v) is 7.39. The summed E-state index contributed by atoms with van der Waals surface area (Å²) in [7, 11) is -1.45. The number of morpholine rings is 1. The fraction of sp³-hybridized carbons (Fsp3) is 1.00. The molecule has 5 heteroatoms. The first-order chi connectivity index (χ1) is 8.77. The van der Waals surface area contributed by atoms with Gasteiger partial charge in [0, 0.05) is 26.3 Å². The van der Waals surface area contributed by atoms with Gasteiger partial charge in [-0.25, -0.2) is 0 Å². The molecule has 0 aromatic rings. The van der Waals surface area contributed by atoms with Gasteiger partial charge in [-0.2, -0.15) is 0 Å². The average molecular weight is 275 g/mol. The lowest BCUT2D eigenvalue weighted by molar-refractivity contribution is 0.0370. The standard InChI is InChI=1S/C13H29NO3Si/c1-4-16-18(17-5-2)13(3)7-6-8-14-9-11-15-12-10-14/h13,18H,4-12H2,1-3H3. The van der Waals surface area contributed by atoms with Crippen LogP contribution in [0.15, 0.2) is 0 Å². The lowest BCUT2D eigenvalue weighted by Gasteiger charge is -2.27. The highest BCUT2D eigenvalue weighted by atomic mass is 28.3. The first kappa shape index (κ1) is 16.1. The van der Waals surface area contributed by atoms with E-state index in [2.05, 4.69) is 25.7 Å². The molecule has 1 atom stereocenters. The molecule has 0 bridgehead atoms. The Balaban J connectivity index is 2.14. The number of hydrogen-bond acceptors (Lipinski definition) is 4. The van der Waals surface area contributed by atoms with E-state index in [1.165, 1.54) is 19.4 Å². The zero-order valence-electron chi connectivity index (χ0n) is 12.2. The van der Waals surface area contributed by atoms with Gasteiger partial charge in [-0.05, 0) is 38.8 Å². The van der Waals surface area contributed by atoms with Gasteiger partial charge in [0.25, 0.3) is 0 Å². The van der Waals surface area contributed by atoms with Crippen molar-refractivity contribution in [2.75, 3.05) is 46.1 Å². The number of nitrogens with zero attached hydrogens (tertiary/aromatic N) is 1. The van der Waals surface area contributed by atoms with E-state index in [0.717, 1.165) is 39.5 Å². The van der Waals surface area contributed by atoms with Crippen LogP contribution in [0.2, 0.25) is 5.54 Å². The molecule has 18 heavy (non-hydrogen) atoms. The third-order valence-electron chi connectivity index (χ3n) is 3.36. The molecule has 4 nitrogen and oxygen atoms in total. The Hall–Kier alpha value is 0.0569. The molecule has 0 N–H and O–H groups in total. The molecule has 1 saturated heterocycles. The minimum atomic E-state index is -1.45. The Kier molecular flexibility index (Phi) is 8.88. The smallest absolute Gasteiger partial charge is 0.324 e. The third-order valence-corrected chi connectivity index (χ3v) is 5.95. The predicted molar refractivity (Wildman–Crippen MR) is 76.3 cm³/mol. The van der Waals surface area contributed by atoms with Crippen LogP contribution >= 0.6 is 0 Å². The molecule has 0 aliphatic carbocycles. The van der Waals surface area contributed by atoms with Gasteiger partial charge in [0.2, 0.25) is 0 Å². The first-order valence-electron chi connectivity index (χ1n) is 7.31. The SMILES string of the molecule is CCO[SiH](OCC)C(C)CCCN1CCOCC1. The van der Waals surface area contributed by atoms with E-state index >= 15 is 0 Å². The maximum Gasteiger partial charge on any atom is 0.324 e. The van der Waals surface area contributed by atoms with Crippen LogP contribution in [-0.2, 0) is 13.6 Å². The van der Waals surface area contributed by atoms with Crippen LogP contribution in [-0.4, -0.2) is 60.2 Å². The topological polar surface area (TPSA) is 30.9 Å². The Labute approximate surface area is 113 Å². The predicted octanol–water partition coefficient (Wildman–Crippen LogP) is 1.78. The molecule has 1 aliphatic rings. The third kappa shape index (κ3) is 6.29. The van der Waals surface area contributed by atoms with E-state index in [1.54, 1.807) is 0 Å². The minimum Gasteiger partial charge on any atom is -0.397 e. The number of ether oxygens (including phenoxy) is 1. The maximum absolute atomic E-state index is 5.77. The van der Waals surface area contributed by atoms with E-state index in [9.17, 15) is 0 Å². The summed E-state index contributed by atoms with van der Waals surface area (Å²) < 4.78 is 16.9. The summed E-state index contributed by atoms with van der Waals surface area (Å²) in [4.78, 5) is 2.49. The minimum absolute atomic E-state index is 0.603. The zero-order valence-corrected chi connectivity index (χ0v) is 13.3. The molecule has 1 heterocycles. The summed E-state index contributed by atoms with van der Waals surface area (Å²) >= 11 is 0. The van der Waals surface area contributed by atoms with Gasteiger partial charge in [0.15, 0.2) is 0 Å². The van der Waals surface area contributed by atoms with Crippen molar-refractivity contribution in [3.8, 4) is 0 Å². The van der Waals surface area contributed by atoms with E-state index in [4.69, 9.17) is 13.6 Å². The Morgan fingerprint density at radius 2 is 1.78 bits per heavy atom. The van der Waals surface area contributed by atoms with Crippen LogP contribution in [0.4, 0.5) is 0 Å². The Bertz CT molecular complexity index is 195. The Morgan fingerprint density at radius 3 is 2.33 bits per heavy atom. The molecule has 0 aromatic carbocycles.